The number of rotatable bonds is 14. The van der Waals surface area contributed by atoms with Crippen LogP contribution in [0.15, 0.2) is 41.5 Å². The number of alkyl carbamates (subject to hydrolysis) is 1. The molecule has 2 atom stereocenters. The number of anilines is 1. The van der Waals surface area contributed by atoms with Crippen molar-refractivity contribution in [3.05, 3.63) is 52.6 Å². The summed E-state index contributed by atoms with van der Waals surface area (Å²) in [5, 5.41) is 2.53. The molecule has 2 aromatic heterocycles. The van der Waals surface area contributed by atoms with Gasteiger partial charge in [-0.2, -0.15) is 4.98 Å². The molecule has 0 aliphatic rings. The Balaban J connectivity index is 1.58. The smallest absolute Gasteiger partial charge is 0.408 e. The van der Waals surface area contributed by atoms with Crippen LogP contribution in [0.2, 0.25) is 0 Å². The Morgan fingerprint density at radius 2 is 1.85 bits per heavy atom. The molecule has 13 heteroatoms. The molecular weight excluding hydrogens is 508 g/mol. The third kappa shape index (κ3) is 8.83. The molecule has 1 unspecified atom stereocenters. The fraction of sp³-hybridized carbons (Fsp3) is 0.462. The molecule has 39 heavy (non-hydrogen) atoms. The molecule has 210 valence electrons. The number of nitrogens with one attached hydrogen (secondary N) is 2. The fourth-order valence-electron chi connectivity index (χ4n) is 3.69. The van der Waals surface area contributed by atoms with Gasteiger partial charge in [-0.1, -0.05) is 44.2 Å². The highest BCUT2D eigenvalue weighted by molar-refractivity contribution is 5.81. The number of nitrogens with two attached hydrogens (primary N) is 1. The summed E-state index contributed by atoms with van der Waals surface area (Å²) in [6, 6.07) is 8.26. The highest BCUT2D eigenvalue weighted by atomic mass is 16.6. The van der Waals surface area contributed by atoms with Gasteiger partial charge in [0.15, 0.2) is 11.2 Å². The van der Waals surface area contributed by atoms with Crippen LogP contribution in [-0.4, -0.2) is 56.8 Å². The van der Waals surface area contributed by atoms with E-state index in [-0.39, 0.29) is 56.0 Å². The summed E-state index contributed by atoms with van der Waals surface area (Å²) < 4.78 is 17.7. The Hall–Kier alpha value is -4.42. The van der Waals surface area contributed by atoms with Gasteiger partial charge in [0.1, 0.15) is 12.6 Å². The van der Waals surface area contributed by atoms with Gasteiger partial charge in [0.2, 0.25) is 5.95 Å². The number of nitrogens with zero attached hydrogens (tertiary/aromatic N) is 3. The number of esters is 2. The zero-order valence-electron chi connectivity index (χ0n) is 22.1. The van der Waals surface area contributed by atoms with E-state index in [2.05, 4.69) is 20.3 Å². The van der Waals surface area contributed by atoms with Gasteiger partial charge in [0, 0.05) is 18.9 Å². The van der Waals surface area contributed by atoms with E-state index < -0.39 is 23.7 Å². The van der Waals surface area contributed by atoms with Crippen molar-refractivity contribution in [2.45, 2.75) is 58.7 Å². The van der Waals surface area contributed by atoms with Crippen molar-refractivity contribution in [3.8, 4) is 0 Å². The number of aryl methyl sites for hydroxylation is 1. The molecule has 0 saturated heterocycles. The Morgan fingerprint density at radius 1 is 1.10 bits per heavy atom. The van der Waals surface area contributed by atoms with E-state index in [4.69, 9.17) is 19.9 Å². The standard InChI is InChI=1S/C26H34N6O7/c1-3-8-20(33)37-14-18(11-12-32-16-28-21-22(32)30-25(27)31-23(21)34)15-38-24(35)19(4-2)29-26(36)39-13-17-9-6-5-7-10-17/h5-7,9-10,16,18-19H,3-4,8,11-15H2,1-2H3,(H,29,36)(H3,27,30,31,34)/t18?,19-/m0/s1. The first-order chi connectivity index (χ1) is 18.8. The second kappa shape index (κ2) is 14.5. The Kier molecular flexibility index (Phi) is 10.8. The molecule has 1 aromatic carbocycles. The number of aromatic nitrogens is 4. The summed E-state index contributed by atoms with van der Waals surface area (Å²) in [5.41, 5.74) is 6.50. The van der Waals surface area contributed by atoms with E-state index in [1.54, 1.807) is 11.5 Å². The minimum atomic E-state index is -0.909. The predicted octanol–water partition coefficient (Wildman–Crippen LogP) is 2.30. The molecule has 0 radical (unpaired) electrons. The van der Waals surface area contributed by atoms with Crippen molar-refractivity contribution >= 4 is 35.1 Å². The van der Waals surface area contributed by atoms with E-state index in [9.17, 15) is 19.2 Å². The van der Waals surface area contributed by atoms with Crippen LogP contribution < -0.4 is 16.6 Å². The van der Waals surface area contributed by atoms with Gasteiger partial charge in [-0.25, -0.2) is 14.6 Å². The number of carbonyl (C=O) groups is 3. The topological polar surface area (TPSA) is 181 Å². The summed E-state index contributed by atoms with van der Waals surface area (Å²) in [5.74, 6) is -1.38. The fourth-order valence-corrected chi connectivity index (χ4v) is 3.69. The molecular formula is C26H34N6O7. The van der Waals surface area contributed by atoms with Gasteiger partial charge in [-0.05, 0) is 24.8 Å². The summed E-state index contributed by atoms with van der Waals surface area (Å²) >= 11 is 0. The number of carbonyl (C=O) groups excluding carboxylic acids is 3. The third-order valence-corrected chi connectivity index (χ3v) is 5.86. The van der Waals surface area contributed by atoms with Crippen LogP contribution in [0.5, 0.6) is 0 Å². The number of hydrogen-bond donors (Lipinski definition) is 3. The molecule has 4 N–H and O–H groups in total. The largest absolute Gasteiger partial charge is 0.465 e. The average molecular weight is 543 g/mol. The van der Waals surface area contributed by atoms with E-state index in [1.165, 1.54) is 6.33 Å². The molecule has 1 amide bonds. The first-order valence-corrected chi connectivity index (χ1v) is 12.8. The number of benzene rings is 1. The SMILES string of the molecule is CCCC(=O)OCC(CCn1cnc2c(=O)[nH]c(N)nc21)COC(=O)[C@H](CC)NC(=O)OCc1ccccc1. The van der Waals surface area contributed by atoms with E-state index in [0.717, 1.165) is 5.56 Å². The summed E-state index contributed by atoms with van der Waals surface area (Å²) in [4.78, 5) is 59.6. The zero-order chi connectivity index (χ0) is 28.2. The van der Waals surface area contributed by atoms with Crippen LogP contribution in [0, 0.1) is 5.92 Å². The van der Waals surface area contributed by atoms with Crippen molar-refractivity contribution < 1.29 is 28.6 Å². The highest BCUT2D eigenvalue weighted by Crippen LogP contribution is 2.13. The molecule has 0 spiro atoms. The van der Waals surface area contributed by atoms with Crippen molar-refractivity contribution in [2.24, 2.45) is 5.92 Å². The number of fused-ring (bicyclic) bond motifs is 1. The number of aromatic amines is 1. The van der Waals surface area contributed by atoms with Crippen molar-refractivity contribution in [2.75, 3.05) is 18.9 Å². The monoisotopic (exact) mass is 542 g/mol. The van der Waals surface area contributed by atoms with Crippen LogP contribution in [0.3, 0.4) is 0 Å². The Labute approximate surface area is 225 Å². The minimum absolute atomic E-state index is 0.0260. The molecule has 0 bridgehead atoms. The molecule has 13 nitrogen and oxygen atoms in total. The van der Waals surface area contributed by atoms with Gasteiger partial charge < -0.3 is 29.8 Å². The lowest BCUT2D eigenvalue weighted by atomic mass is 10.1. The highest BCUT2D eigenvalue weighted by Gasteiger charge is 2.23. The summed E-state index contributed by atoms with van der Waals surface area (Å²) in [6.07, 6.45) is 2.36. The first-order valence-electron chi connectivity index (χ1n) is 12.8. The van der Waals surface area contributed by atoms with E-state index >= 15 is 0 Å². The van der Waals surface area contributed by atoms with Gasteiger partial charge >= 0.3 is 18.0 Å². The zero-order valence-corrected chi connectivity index (χ0v) is 22.1. The van der Waals surface area contributed by atoms with Crippen LogP contribution in [-0.2, 0) is 37.0 Å². The van der Waals surface area contributed by atoms with Crippen LogP contribution >= 0.6 is 0 Å². The van der Waals surface area contributed by atoms with Crippen molar-refractivity contribution in [1.82, 2.24) is 24.8 Å². The Morgan fingerprint density at radius 3 is 2.56 bits per heavy atom. The molecule has 0 aliphatic heterocycles. The lowest BCUT2D eigenvalue weighted by molar-refractivity contribution is -0.150. The molecule has 2 heterocycles. The minimum Gasteiger partial charge on any atom is -0.465 e. The second-order valence-corrected chi connectivity index (χ2v) is 8.95. The predicted molar refractivity (Wildman–Crippen MR) is 141 cm³/mol. The number of nitrogen functional groups attached to an aromatic ring is 1. The summed E-state index contributed by atoms with van der Waals surface area (Å²) in [6.45, 7) is 3.99. The van der Waals surface area contributed by atoms with Crippen LogP contribution in [0.1, 0.15) is 45.1 Å². The second-order valence-electron chi connectivity index (χ2n) is 8.95. The maximum Gasteiger partial charge on any atom is 0.408 e. The number of imidazole rings is 1. The van der Waals surface area contributed by atoms with Gasteiger partial charge in [-0.15, -0.1) is 0 Å². The van der Waals surface area contributed by atoms with Gasteiger partial charge in [0.25, 0.3) is 5.56 Å². The number of ether oxygens (including phenoxy) is 3. The van der Waals surface area contributed by atoms with Crippen LogP contribution in [0.4, 0.5) is 10.7 Å². The van der Waals surface area contributed by atoms with Crippen molar-refractivity contribution in [1.29, 1.82) is 0 Å². The normalized spacial score (nSPS) is 12.5. The molecule has 3 rings (SSSR count). The molecule has 0 aliphatic carbocycles. The maximum atomic E-state index is 12.7. The van der Waals surface area contributed by atoms with Crippen molar-refractivity contribution in [3.63, 3.8) is 0 Å². The lowest BCUT2D eigenvalue weighted by Crippen LogP contribution is -2.42. The molecule has 0 fully saturated rings. The lowest BCUT2D eigenvalue weighted by Gasteiger charge is -2.20. The molecule has 3 aromatic rings. The van der Waals surface area contributed by atoms with E-state index in [0.29, 0.717) is 25.0 Å². The van der Waals surface area contributed by atoms with E-state index in [1.807, 2.05) is 37.3 Å². The number of amides is 1. The van der Waals surface area contributed by atoms with Crippen LogP contribution in [0.25, 0.3) is 11.2 Å². The number of hydrogen-bond acceptors (Lipinski definition) is 10. The number of H-pyrrole nitrogens is 1. The van der Waals surface area contributed by atoms with Gasteiger partial charge in [-0.3, -0.25) is 14.6 Å². The maximum absolute atomic E-state index is 12.7. The third-order valence-electron chi connectivity index (χ3n) is 5.86. The quantitative estimate of drug-likeness (QED) is 0.202. The first kappa shape index (κ1) is 29.1. The van der Waals surface area contributed by atoms with Gasteiger partial charge in [0.05, 0.1) is 19.5 Å². The Bertz CT molecular complexity index is 1310. The summed E-state index contributed by atoms with van der Waals surface area (Å²) in [7, 11) is 0. The average Bonchev–Trinajstić information content (AvgIpc) is 3.33. The molecule has 0 saturated carbocycles.